The fraction of sp³-hybridized carbons (Fsp3) is 0.636. The first kappa shape index (κ1) is 11.7. The van der Waals surface area contributed by atoms with Gasteiger partial charge in [-0.25, -0.2) is 8.42 Å². The normalized spacial score (nSPS) is 25.7. The zero-order chi connectivity index (χ0) is 11.6. The molecule has 2 atom stereocenters. The molecule has 2 unspecified atom stereocenters. The van der Waals surface area contributed by atoms with Gasteiger partial charge in [-0.05, 0) is 31.5 Å². The molecule has 1 N–H and O–H groups in total. The van der Waals surface area contributed by atoms with Crippen molar-refractivity contribution in [3.05, 3.63) is 24.2 Å². The van der Waals surface area contributed by atoms with Crippen molar-refractivity contribution >= 4 is 9.84 Å². The first-order chi connectivity index (χ1) is 7.62. The maximum Gasteiger partial charge on any atom is 0.150 e. The van der Waals surface area contributed by atoms with E-state index in [0.29, 0.717) is 11.5 Å². The summed E-state index contributed by atoms with van der Waals surface area (Å²) in [6.45, 7) is 0.758. The van der Waals surface area contributed by atoms with E-state index in [1.54, 1.807) is 6.26 Å². The lowest BCUT2D eigenvalue weighted by Gasteiger charge is -2.19. The molecule has 1 aliphatic rings. The fourth-order valence-electron chi connectivity index (χ4n) is 2.36. The molecule has 0 radical (unpaired) electrons. The van der Waals surface area contributed by atoms with Gasteiger partial charge in [0.05, 0.1) is 17.8 Å². The van der Waals surface area contributed by atoms with Crippen LogP contribution in [-0.4, -0.2) is 33.5 Å². The van der Waals surface area contributed by atoms with E-state index >= 15 is 0 Å². The minimum absolute atomic E-state index is 0.164. The van der Waals surface area contributed by atoms with Crippen LogP contribution in [0.2, 0.25) is 0 Å². The lowest BCUT2D eigenvalue weighted by molar-refractivity contribution is 0.373. The van der Waals surface area contributed by atoms with Crippen LogP contribution in [0.25, 0.3) is 0 Å². The van der Waals surface area contributed by atoms with Crippen molar-refractivity contribution in [1.29, 1.82) is 0 Å². The van der Waals surface area contributed by atoms with Gasteiger partial charge in [0.2, 0.25) is 0 Å². The van der Waals surface area contributed by atoms with Crippen LogP contribution in [0, 0.1) is 5.92 Å². The molecule has 0 bridgehead atoms. The molecule has 4 nitrogen and oxygen atoms in total. The molecule has 0 saturated carbocycles. The van der Waals surface area contributed by atoms with Crippen LogP contribution in [0.15, 0.2) is 22.8 Å². The summed E-state index contributed by atoms with van der Waals surface area (Å²) in [6, 6.07) is 3.77. The number of hydrogen-bond acceptors (Lipinski definition) is 4. The van der Waals surface area contributed by atoms with Gasteiger partial charge in [0, 0.05) is 12.5 Å². The van der Waals surface area contributed by atoms with Crippen LogP contribution in [0.1, 0.15) is 18.1 Å². The summed E-state index contributed by atoms with van der Waals surface area (Å²) in [6.07, 6.45) is 2.39. The Morgan fingerprint density at radius 3 is 2.94 bits per heavy atom. The smallest absolute Gasteiger partial charge is 0.150 e. The molecule has 2 heterocycles. The Bertz CT molecular complexity index is 424. The van der Waals surface area contributed by atoms with Crippen LogP contribution in [0.3, 0.4) is 0 Å². The van der Waals surface area contributed by atoms with E-state index in [4.69, 9.17) is 4.42 Å². The lowest BCUT2D eigenvalue weighted by Crippen LogP contribution is -2.24. The zero-order valence-corrected chi connectivity index (χ0v) is 10.2. The first-order valence-electron chi connectivity index (χ1n) is 5.51. The summed E-state index contributed by atoms with van der Waals surface area (Å²) in [5.41, 5.74) is 0. The van der Waals surface area contributed by atoms with Crippen molar-refractivity contribution in [1.82, 2.24) is 5.32 Å². The Balaban J connectivity index is 2.15. The minimum atomic E-state index is -2.82. The molecule has 1 fully saturated rings. The van der Waals surface area contributed by atoms with Gasteiger partial charge < -0.3 is 9.73 Å². The number of furan rings is 1. The molecule has 1 saturated heterocycles. The second kappa shape index (κ2) is 4.59. The van der Waals surface area contributed by atoms with E-state index < -0.39 is 9.84 Å². The van der Waals surface area contributed by atoms with Crippen LogP contribution in [0.4, 0.5) is 0 Å². The third-order valence-corrected chi connectivity index (χ3v) is 4.96. The quantitative estimate of drug-likeness (QED) is 0.857. The van der Waals surface area contributed by atoms with E-state index in [-0.39, 0.29) is 11.8 Å². The van der Waals surface area contributed by atoms with Crippen LogP contribution < -0.4 is 5.32 Å². The number of hydrogen-bond donors (Lipinski definition) is 1. The summed E-state index contributed by atoms with van der Waals surface area (Å²) in [5, 5.41) is 3.11. The molecule has 5 heteroatoms. The van der Waals surface area contributed by atoms with Gasteiger partial charge in [-0.3, -0.25) is 0 Å². The van der Waals surface area contributed by atoms with Gasteiger partial charge in [-0.15, -0.1) is 0 Å². The number of nitrogens with one attached hydrogen (secondary N) is 1. The summed E-state index contributed by atoms with van der Waals surface area (Å²) in [5.74, 6) is 1.84. The summed E-state index contributed by atoms with van der Waals surface area (Å²) >= 11 is 0. The molecule has 1 aromatic rings. The van der Waals surface area contributed by atoms with Crippen molar-refractivity contribution in [3.8, 4) is 0 Å². The standard InChI is InChI=1S/C11H17NO3S/c1-12-7-10(11-3-2-5-15-11)9-4-6-16(13,14)8-9/h2-3,5,9-10,12H,4,6-8H2,1H3. The van der Waals surface area contributed by atoms with E-state index in [2.05, 4.69) is 5.32 Å². The van der Waals surface area contributed by atoms with Gasteiger partial charge in [0.1, 0.15) is 5.76 Å². The third-order valence-electron chi connectivity index (χ3n) is 3.17. The monoisotopic (exact) mass is 243 g/mol. The second-order valence-corrected chi connectivity index (χ2v) is 6.57. The Morgan fingerprint density at radius 2 is 2.44 bits per heavy atom. The van der Waals surface area contributed by atoms with Crippen molar-refractivity contribution < 1.29 is 12.8 Å². The molecular formula is C11H17NO3S. The maximum absolute atomic E-state index is 11.5. The highest BCUT2D eigenvalue weighted by atomic mass is 32.2. The van der Waals surface area contributed by atoms with E-state index in [1.165, 1.54) is 0 Å². The number of rotatable bonds is 4. The van der Waals surface area contributed by atoms with Gasteiger partial charge in [0.15, 0.2) is 9.84 Å². The van der Waals surface area contributed by atoms with Gasteiger partial charge in [-0.2, -0.15) is 0 Å². The Kier molecular flexibility index (Phi) is 3.35. The molecule has 0 aliphatic carbocycles. The predicted octanol–water partition coefficient (Wildman–Crippen LogP) is 1.02. The van der Waals surface area contributed by atoms with Crippen molar-refractivity contribution in [2.45, 2.75) is 12.3 Å². The second-order valence-electron chi connectivity index (χ2n) is 4.34. The molecule has 0 amide bonds. The van der Waals surface area contributed by atoms with E-state index in [1.807, 2.05) is 19.2 Å². The van der Waals surface area contributed by atoms with Crippen molar-refractivity contribution in [3.63, 3.8) is 0 Å². The molecule has 1 aromatic heterocycles. The maximum atomic E-state index is 11.5. The van der Waals surface area contributed by atoms with Crippen molar-refractivity contribution in [2.75, 3.05) is 25.1 Å². The highest BCUT2D eigenvalue weighted by Crippen LogP contribution is 2.33. The summed E-state index contributed by atoms with van der Waals surface area (Å²) in [7, 11) is -0.945. The summed E-state index contributed by atoms with van der Waals surface area (Å²) < 4.78 is 28.3. The van der Waals surface area contributed by atoms with E-state index in [9.17, 15) is 8.42 Å². The number of sulfone groups is 1. The third kappa shape index (κ3) is 2.47. The first-order valence-corrected chi connectivity index (χ1v) is 7.33. The minimum Gasteiger partial charge on any atom is -0.469 e. The van der Waals surface area contributed by atoms with Crippen molar-refractivity contribution in [2.24, 2.45) is 5.92 Å². The van der Waals surface area contributed by atoms with Gasteiger partial charge in [0.25, 0.3) is 0 Å². The molecule has 16 heavy (non-hydrogen) atoms. The van der Waals surface area contributed by atoms with Crippen LogP contribution in [0.5, 0.6) is 0 Å². The largest absolute Gasteiger partial charge is 0.469 e. The van der Waals surface area contributed by atoms with Crippen LogP contribution in [-0.2, 0) is 9.84 Å². The molecule has 0 spiro atoms. The van der Waals surface area contributed by atoms with Crippen LogP contribution >= 0.6 is 0 Å². The van der Waals surface area contributed by atoms with E-state index in [0.717, 1.165) is 18.7 Å². The fourth-order valence-corrected chi connectivity index (χ4v) is 4.24. The SMILES string of the molecule is CNCC(c1ccco1)C1CCS(=O)(=O)C1. The topological polar surface area (TPSA) is 59.3 Å². The van der Waals surface area contributed by atoms with Gasteiger partial charge in [-0.1, -0.05) is 0 Å². The Labute approximate surface area is 95.9 Å². The highest BCUT2D eigenvalue weighted by Gasteiger charge is 2.35. The Hall–Kier alpha value is -0.810. The summed E-state index contributed by atoms with van der Waals surface area (Å²) in [4.78, 5) is 0. The lowest BCUT2D eigenvalue weighted by atomic mass is 9.89. The van der Waals surface area contributed by atoms with Gasteiger partial charge >= 0.3 is 0 Å². The average molecular weight is 243 g/mol. The predicted molar refractivity (Wildman–Crippen MR) is 62.1 cm³/mol. The Morgan fingerprint density at radius 1 is 1.62 bits per heavy atom. The molecule has 1 aliphatic heterocycles. The number of likely N-dealkylation sites (N-methyl/N-ethyl adjacent to an activating group) is 1. The zero-order valence-electron chi connectivity index (χ0n) is 9.35. The molecular weight excluding hydrogens is 226 g/mol. The molecule has 2 rings (SSSR count). The molecule has 90 valence electrons. The average Bonchev–Trinajstić information content (AvgIpc) is 2.83. The highest BCUT2D eigenvalue weighted by molar-refractivity contribution is 7.91. The molecule has 0 aromatic carbocycles.